The second-order valence-electron chi connectivity index (χ2n) is 15.5. The standard InChI is InChI=1S/C20H19N.C16H22N2O4.C7H16O.C5H11NO2.C2H4O.CH3NO/c1-21-20(17-11-5-2-6-12-17,18-13-7-3-8-14-18)19-15-9-4-10-16-19;1-4-11(2)15(20)18-14(9-19)16(21)17-13-7-5-12(6-8-13)10-22-3;1-3-4-5-7(2)6-8;1-5(2,3)8-4(6)7;1-2-3;2-1-3/h2-16,21H,1H3;5-9,11,14H,4,10H2,1-3H3,(H,17,21)(H,18,20);7-8H,3-6H2,1-2H3;1-3H3,(H2,6,7);2H,1H3;1H,(H2,2,3)/t;11-,14?;;;;/m.1..../s1. The molecule has 0 aliphatic carbocycles. The van der Waals surface area contributed by atoms with Gasteiger partial charge in [0, 0.05) is 25.3 Å². The highest BCUT2D eigenvalue weighted by Gasteiger charge is 2.34. The molecule has 0 aromatic heterocycles. The number of nitrogens with two attached hydrogens (primary N) is 2. The number of anilines is 1. The zero-order valence-corrected chi connectivity index (χ0v) is 40.0. The molecule has 65 heavy (non-hydrogen) atoms. The van der Waals surface area contributed by atoms with E-state index in [2.05, 4.69) is 131 Å². The maximum atomic E-state index is 12.0. The van der Waals surface area contributed by atoms with Gasteiger partial charge in [0.2, 0.25) is 12.3 Å². The number of unbranched alkanes of at least 4 members (excludes halogenated alkanes) is 1. The normalized spacial score (nSPS) is 11.5. The van der Waals surface area contributed by atoms with Gasteiger partial charge >= 0.3 is 6.09 Å². The molecule has 0 saturated carbocycles. The van der Waals surface area contributed by atoms with E-state index in [4.69, 9.17) is 25.2 Å². The van der Waals surface area contributed by atoms with Crippen molar-refractivity contribution in [3.63, 3.8) is 0 Å². The summed E-state index contributed by atoms with van der Waals surface area (Å²) in [5, 5.41) is 17.2. The summed E-state index contributed by atoms with van der Waals surface area (Å²) in [4.78, 5) is 62.2. The van der Waals surface area contributed by atoms with Crippen LogP contribution in [0.1, 0.15) is 103 Å². The SMILES string of the molecule is CC(C)(C)OC(N)=O.CC=O.CCCCC(C)CO.CC[C@@H](C)C(=O)NC(C=O)C(=O)Nc1ccc(COC)cc1.CNC(c1ccccc1)(c1ccccc1)c1ccccc1.NC=O. The predicted octanol–water partition coefficient (Wildman–Crippen LogP) is 7.69. The number of aliphatic hydroxyl groups excluding tert-OH is 1. The number of hydrogen-bond donors (Lipinski definition) is 6. The van der Waals surface area contributed by atoms with E-state index in [0.717, 1.165) is 11.8 Å². The van der Waals surface area contributed by atoms with Gasteiger partial charge in [0.15, 0.2) is 12.3 Å². The van der Waals surface area contributed by atoms with E-state index in [1.54, 1.807) is 46.9 Å². The van der Waals surface area contributed by atoms with Gasteiger partial charge in [0.05, 0.1) is 12.1 Å². The van der Waals surface area contributed by atoms with Crippen LogP contribution in [0.15, 0.2) is 115 Å². The van der Waals surface area contributed by atoms with Gasteiger partial charge in [-0.3, -0.25) is 14.4 Å². The van der Waals surface area contributed by atoms with Crippen molar-refractivity contribution in [2.45, 2.75) is 105 Å². The smallest absolute Gasteiger partial charge is 0.405 e. The molecule has 0 saturated heterocycles. The number of rotatable bonds is 16. The Hall–Kier alpha value is -6.22. The number of hydrogen-bond acceptors (Lipinski definition) is 10. The van der Waals surface area contributed by atoms with Crippen molar-refractivity contribution in [2.24, 2.45) is 23.3 Å². The number of carbonyl (C=O) groups excluding carboxylic acids is 6. The van der Waals surface area contributed by atoms with Crippen molar-refractivity contribution < 1.29 is 43.3 Å². The van der Waals surface area contributed by atoms with Crippen LogP contribution in [0.25, 0.3) is 0 Å². The molecular formula is C51H75N5O9. The van der Waals surface area contributed by atoms with Crippen LogP contribution in [0, 0.1) is 11.8 Å². The number of ether oxygens (including phenoxy) is 2. The molecule has 0 bridgehead atoms. The Bertz CT molecular complexity index is 1760. The van der Waals surface area contributed by atoms with E-state index >= 15 is 0 Å². The summed E-state index contributed by atoms with van der Waals surface area (Å²) in [7, 11) is 3.62. The number of carbonyl (C=O) groups is 6. The van der Waals surface area contributed by atoms with E-state index in [1.807, 2.05) is 26.1 Å². The van der Waals surface area contributed by atoms with Crippen LogP contribution in [-0.2, 0) is 45.6 Å². The van der Waals surface area contributed by atoms with Gasteiger partial charge in [-0.2, -0.15) is 0 Å². The molecule has 14 nitrogen and oxygen atoms in total. The molecular weight excluding hydrogens is 827 g/mol. The molecule has 4 aromatic rings. The molecule has 0 aliphatic heterocycles. The summed E-state index contributed by atoms with van der Waals surface area (Å²) in [5.74, 6) is -0.616. The minimum absolute atomic E-state index is 0.247. The molecule has 0 heterocycles. The lowest BCUT2D eigenvalue weighted by Gasteiger charge is -2.35. The minimum atomic E-state index is -1.19. The second-order valence-corrected chi connectivity index (χ2v) is 15.5. The second kappa shape index (κ2) is 36.2. The third-order valence-corrected chi connectivity index (χ3v) is 9.07. The van der Waals surface area contributed by atoms with Crippen LogP contribution in [0.3, 0.4) is 0 Å². The molecule has 0 spiro atoms. The first-order valence-electron chi connectivity index (χ1n) is 21.6. The predicted molar refractivity (Wildman–Crippen MR) is 260 cm³/mol. The van der Waals surface area contributed by atoms with E-state index in [0.29, 0.717) is 37.5 Å². The van der Waals surface area contributed by atoms with Gasteiger partial charge in [0.1, 0.15) is 11.9 Å². The minimum Gasteiger partial charge on any atom is -0.444 e. The third kappa shape index (κ3) is 26.2. The van der Waals surface area contributed by atoms with E-state index in [-0.39, 0.29) is 23.8 Å². The van der Waals surface area contributed by atoms with Crippen molar-refractivity contribution in [2.75, 3.05) is 26.1 Å². The Morgan fingerprint density at radius 1 is 0.769 bits per heavy atom. The highest BCUT2D eigenvalue weighted by Crippen LogP contribution is 2.36. The molecule has 4 aromatic carbocycles. The first-order chi connectivity index (χ1) is 30.9. The zero-order valence-electron chi connectivity index (χ0n) is 40.0. The van der Waals surface area contributed by atoms with Crippen molar-refractivity contribution in [3.8, 4) is 0 Å². The number of nitrogens with one attached hydrogen (secondary N) is 3. The number of aldehydes is 2. The van der Waals surface area contributed by atoms with E-state index in [9.17, 15) is 19.2 Å². The summed E-state index contributed by atoms with van der Waals surface area (Å²) >= 11 is 0. The van der Waals surface area contributed by atoms with Gasteiger partial charge in [-0.15, -0.1) is 0 Å². The Morgan fingerprint density at radius 2 is 1.20 bits per heavy atom. The Kier molecular flexibility index (Phi) is 33.9. The Morgan fingerprint density at radius 3 is 1.49 bits per heavy atom. The zero-order chi connectivity index (χ0) is 49.7. The lowest BCUT2D eigenvalue weighted by Crippen LogP contribution is -2.46. The maximum absolute atomic E-state index is 12.0. The fraction of sp³-hybridized carbons (Fsp3) is 0.412. The molecule has 0 aliphatic rings. The molecule has 8 N–H and O–H groups in total. The molecule has 0 radical (unpaired) electrons. The maximum Gasteiger partial charge on any atom is 0.405 e. The van der Waals surface area contributed by atoms with Crippen molar-refractivity contribution in [1.82, 2.24) is 10.6 Å². The lowest BCUT2D eigenvalue weighted by atomic mass is 9.77. The molecule has 2 unspecified atom stereocenters. The Labute approximate surface area is 387 Å². The summed E-state index contributed by atoms with van der Waals surface area (Å²) in [6, 6.07) is 37.6. The van der Waals surface area contributed by atoms with Crippen LogP contribution in [0.5, 0.6) is 0 Å². The fourth-order valence-corrected chi connectivity index (χ4v) is 5.66. The molecule has 14 heteroatoms. The van der Waals surface area contributed by atoms with Gasteiger partial charge in [0.25, 0.3) is 5.91 Å². The van der Waals surface area contributed by atoms with E-state index < -0.39 is 23.6 Å². The van der Waals surface area contributed by atoms with Gasteiger partial charge in [-0.05, 0) is 87.9 Å². The average Bonchev–Trinajstić information content (AvgIpc) is 3.29. The number of primary amides is 2. The summed E-state index contributed by atoms with van der Waals surface area (Å²) in [5.41, 5.74) is 13.3. The number of methoxy groups -OCH3 is 1. The summed E-state index contributed by atoms with van der Waals surface area (Å²) in [6.07, 6.45) is 5.01. The van der Waals surface area contributed by atoms with Crippen LogP contribution >= 0.6 is 0 Å². The van der Waals surface area contributed by atoms with Gasteiger partial charge < -0.3 is 51.6 Å². The van der Waals surface area contributed by atoms with Crippen LogP contribution in [0.2, 0.25) is 0 Å². The van der Waals surface area contributed by atoms with Crippen LogP contribution in [0.4, 0.5) is 10.5 Å². The number of aliphatic hydroxyl groups is 1. The van der Waals surface area contributed by atoms with Crippen LogP contribution in [-0.4, -0.2) is 74.4 Å². The Balaban J connectivity index is 0. The van der Waals surface area contributed by atoms with E-state index in [1.165, 1.54) is 42.9 Å². The third-order valence-electron chi connectivity index (χ3n) is 9.07. The fourth-order valence-electron chi connectivity index (χ4n) is 5.66. The average molecular weight is 902 g/mol. The quantitative estimate of drug-likeness (QED) is 0.0365. The molecule has 358 valence electrons. The number of benzene rings is 4. The van der Waals surface area contributed by atoms with Crippen molar-refractivity contribution >= 4 is 42.6 Å². The first-order valence-corrected chi connectivity index (χ1v) is 21.6. The highest BCUT2D eigenvalue weighted by atomic mass is 16.6. The van der Waals surface area contributed by atoms with Gasteiger partial charge in [-0.1, -0.05) is 144 Å². The molecule has 4 rings (SSSR count). The highest BCUT2D eigenvalue weighted by molar-refractivity contribution is 6.06. The monoisotopic (exact) mass is 902 g/mol. The van der Waals surface area contributed by atoms with Crippen molar-refractivity contribution in [3.05, 3.63) is 138 Å². The largest absolute Gasteiger partial charge is 0.444 e. The molecule has 4 amide bonds. The summed E-state index contributed by atoms with van der Waals surface area (Å²) in [6.45, 7) is 15.4. The van der Waals surface area contributed by atoms with Crippen molar-refractivity contribution in [1.29, 1.82) is 0 Å². The van der Waals surface area contributed by atoms with Crippen LogP contribution < -0.4 is 27.4 Å². The molecule has 0 fully saturated rings. The first kappa shape index (κ1) is 60.9. The van der Waals surface area contributed by atoms with Gasteiger partial charge in [-0.25, -0.2) is 4.79 Å². The number of amides is 4. The summed E-state index contributed by atoms with van der Waals surface area (Å²) < 4.78 is 9.58. The topological polar surface area (TPSA) is 229 Å². The lowest BCUT2D eigenvalue weighted by molar-refractivity contribution is -0.131. The molecule has 3 atom stereocenters.